The number of hydrogen-bond acceptors (Lipinski definition) is 2. The molecule has 96 valence electrons. The molecule has 1 rings (SSSR count). The fourth-order valence-corrected chi connectivity index (χ4v) is 1.57. The van der Waals surface area contributed by atoms with Gasteiger partial charge in [-0.2, -0.15) is 0 Å². The molecule has 0 amide bonds. The van der Waals surface area contributed by atoms with Gasteiger partial charge in [-0.3, -0.25) is 0 Å². The highest BCUT2D eigenvalue weighted by Gasteiger charge is 2.10. The van der Waals surface area contributed by atoms with E-state index in [9.17, 15) is 4.39 Å². The minimum atomic E-state index is -0.127. The van der Waals surface area contributed by atoms with Crippen molar-refractivity contribution in [3.05, 3.63) is 35.1 Å². The zero-order valence-corrected chi connectivity index (χ0v) is 11.5. The standard InChI is InChI=1S/C14H23FN2/c1-14(2,3)16-9-11-6-7-13(15)12(8-11)10-17(4)5/h6-8,16H,9-10H2,1-5H3. The third-order valence-electron chi connectivity index (χ3n) is 2.42. The molecule has 0 spiro atoms. The molecule has 1 aromatic rings. The minimum absolute atomic E-state index is 0.0795. The molecular formula is C14H23FN2. The lowest BCUT2D eigenvalue weighted by Gasteiger charge is -2.21. The zero-order chi connectivity index (χ0) is 13.1. The van der Waals surface area contributed by atoms with E-state index in [1.807, 2.05) is 31.1 Å². The molecule has 0 atom stereocenters. The van der Waals surface area contributed by atoms with E-state index < -0.39 is 0 Å². The van der Waals surface area contributed by atoms with E-state index in [2.05, 4.69) is 26.1 Å². The topological polar surface area (TPSA) is 15.3 Å². The van der Waals surface area contributed by atoms with Crippen LogP contribution in [0.5, 0.6) is 0 Å². The lowest BCUT2D eigenvalue weighted by Crippen LogP contribution is -2.35. The van der Waals surface area contributed by atoms with Gasteiger partial charge in [0.25, 0.3) is 0 Å². The van der Waals surface area contributed by atoms with Gasteiger partial charge in [-0.15, -0.1) is 0 Å². The number of nitrogens with zero attached hydrogens (tertiary/aromatic N) is 1. The molecule has 0 aliphatic heterocycles. The van der Waals surface area contributed by atoms with Gasteiger partial charge >= 0.3 is 0 Å². The second-order valence-electron chi connectivity index (χ2n) is 5.77. The summed E-state index contributed by atoms with van der Waals surface area (Å²) in [5.74, 6) is -0.127. The Kier molecular flexibility index (Phi) is 4.66. The first kappa shape index (κ1) is 14.1. The van der Waals surface area contributed by atoms with Crippen molar-refractivity contribution >= 4 is 0 Å². The first-order valence-electron chi connectivity index (χ1n) is 5.95. The molecule has 1 N–H and O–H groups in total. The molecule has 0 radical (unpaired) electrons. The lowest BCUT2D eigenvalue weighted by atomic mass is 10.1. The van der Waals surface area contributed by atoms with Crippen molar-refractivity contribution in [3.63, 3.8) is 0 Å². The van der Waals surface area contributed by atoms with Gasteiger partial charge < -0.3 is 10.2 Å². The molecule has 0 aliphatic carbocycles. The van der Waals surface area contributed by atoms with Crippen molar-refractivity contribution in [1.82, 2.24) is 10.2 Å². The molecule has 2 nitrogen and oxygen atoms in total. The number of rotatable bonds is 4. The first-order valence-corrected chi connectivity index (χ1v) is 5.95. The molecule has 0 saturated carbocycles. The highest BCUT2D eigenvalue weighted by atomic mass is 19.1. The zero-order valence-electron chi connectivity index (χ0n) is 11.5. The maximum absolute atomic E-state index is 13.6. The van der Waals surface area contributed by atoms with Crippen molar-refractivity contribution in [2.45, 2.75) is 39.4 Å². The van der Waals surface area contributed by atoms with Gasteiger partial charge in [-0.25, -0.2) is 4.39 Å². The van der Waals surface area contributed by atoms with Crippen molar-refractivity contribution in [2.75, 3.05) is 14.1 Å². The van der Waals surface area contributed by atoms with Crippen LogP contribution in [-0.4, -0.2) is 24.5 Å². The molecular weight excluding hydrogens is 215 g/mol. The van der Waals surface area contributed by atoms with Crippen LogP contribution in [0.1, 0.15) is 31.9 Å². The highest BCUT2D eigenvalue weighted by molar-refractivity contribution is 5.25. The Balaban J connectivity index is 2.74. The summed E-state index contributed by atoms with van der Waals surface area (Å²) in [6.45, 7) is 7.77. The predicted octanol–water partition coefficient (Wildman–Crippen LogP) is 2.78. The van der Waals surface area contributed by atoms with Crippen LogP contribution in [0, 0.1) is 5.82 Å². The van der Waals surface area contributed by atoms with Crippen LogP contribution >= 0.6 is 0 Å². The third kappa shape index (κ3) is 5.29. The maximum atomic E-state index is 13.6. The smallest absolute Gasteiger partial charge is 0.127 e. The van der Waals surface area contributed by atoms with Crippen molar-refractivity contribution in [3.8, 4) is 0 Å². The third-order valence-corrected chi connectivity index (χ3v) is 2.42. The van der Waals surface area contributed by atoms with Gasteiger partial charge in [0.05, 0.1) is 0 Å². The Labute approximate surface area is 104 Å². The fraction of sp³-hybridized carbons (Fsp3) is 0.571. The monoisotopic (exact) mass is 238 g/mol. The van der Waals surface area contributed by atoms with E-state index in [4.69, 9.17) is 0 Å². The largest absolute Gasteiger partial charge is 0.308 e. The average molecular weight is 238 g/mol. The number of benzene rings is 1. The fourth-order valence-electron chi connectivity index (χ4n) is 1.57. The molecule has 0 aromatic heterocycles. The van der Waals surface area contributed by atoms with Gasteiger partial charge in [-0.1, -0.05) is 12.1 Å². The van der Waals surface area contributed by atoms with Crippen LogP contribution in [0.3, 0.4) is 0 Å². The maximum Gasteiger partial charge on any atom is 0.127 e. The summed E-state index contributed by atoms with van der Waals surface area (Å²) in [5, 5.41) is 3.40. The van der Waals surface area contributed by atoms with E-state index in [0.29, 0.717) is 6.54 Å². The molecule has 0 heterocycles. The van der Waals surface area contributed by atoms with Gasteiger partial charge in [0.15, 0.2) is 0 Å². The van der Waals surface area contributed by atoms with E-state index in [1.54, 1.807) is 6.07 Å². The van der Waals surface area contributed by atoms with Crippen LogP contribution in [-0.2, 0) is 13.1 Å². The highest BCUT2D eigenvalue weighted by Crippen LogP contribution is 2.13. The average Bonchev–Trinajstić information content (AvgIpc) is 2.17. The Morgan fingerprint density at radius 2 is 1.88 bits per heavy atom. The first-order chi connectivity index (χ1) is 7.78. The molecule has 0 unspecified atom stereocenters. The number of hydrogen-bond donors (Lipinski definition) is 1. The summed E-state index contributed by atoms with van der Waals surface area (Å²) in [4.78, 5) is 1.97. The quantitative estimate of drug-likeness (QED) is 0.867. The molecule has 0 fully saturated rings. The van der Waals surface area contributed by atoms with Crippen LogP contribution in [0.4, 0.5) is 4.39 Å². The normalized spacial score (nSPS) is 12.2. The van der Waals surface area contributed by atoms with Crippen LogP contribution < -0.4 is 5.32 Å². The summed E-state index contributed by atoms with van der Waals surface area (Å²) >= 11 is 0. The molecule has 17 heavy (non-hydrogen) atoms. The van der Waals surface area contributed by atoms with Crippen molar-refractivity contribution in [1.29, 1.82) is 0 Å². The van der Waals surface area contributed by atoms with Gasteiger partial charge in [0.1, 0.15) is 5.82 Å². The predicted molar refractivity (Wildman–Crippen MR) is 70.4 cm³/mol. The van der Waals surface area contributed by atoms with Crippen molar-refractivity contribution < 1.29 is 4.39 Å². The molecule has 1 aromatic carbocycles. The summed E-state index contributed by atoms with van der Waals surface area (Å²) in [6, 6.07) is 5.33. The van der Waals surface area contributed by atoms with Crippen LogP contribution in [0.25, 0.3) is 0 Å². The molecule has 3 heteroatoms. The van der Waals surface area contributed by atoms with E-state index in [-0.39, 0.29) is 11.4 Å². The van der Waals surface area contributed by atoms with Crippen molar-refractivity contribution in [2.24, 2.45) is 0 Å². The summed E-state index contributed by atoms with van der Waals surface area (Å²) in [5.41, 5.74) is 1.96. The molecule has 0 aliphatic rings. The van der Waals surface area contributed by atoms with E-state index >= 15 is 0 Å². The summed E-state index contributed by atoms with van der Waals surface area (Å²) in [6.07, 6.45) is 0. The van der Waals surface area contributed by atoms with Gasteiger partial charge in [0.2, 0.25) is 0 Å². The Hall–Kier alpha value is -0.930. The second-order valence-corrected chi connectivity index (χ2v) is 5.77. The SMILES string of the molecule is CN(C)Cc1cc(CNC(C)(C)C)ccc1F. The van der Waals surface area contributed by atoms with Gasteiger partial charge in [-0.05, 0) is 46.5 Å². The minimum Gasteiger partial charge on any atom is -0.308 e. The Bertz CT molecular complexity index is 367. The number of halogens is 1. The Morgan fingerprint density at radius 3 is 2.41 bits per heavy atom. The molecule has 0 saturated heterocycles. The lowest BCUT2D eigenvalue weighted by molar-refractivity contribution is 0.391. The van der Waals surface area contributed by atoms with Crippen LogP contribution in [0.2, 0.25) is 0 Å². The second kappa shape index (κ2) is 5.61. The van der Waals surface area contributed by atoms with Crippen LogP contribution in [0.15, 0.2) is 18.2 Å². The van der Waals surface area contributed by atoms with E-state index in [0.717, 1.165) is 17.7 Å². The Morgan fingerprint density at radius 1 is 1.24 bits per heavy atom. The van der Waals surface area contributed by atoms with Gasteiger partial charge in [0, 0.05) is 24.2 Å². The number of nitrogens with one attached hydrogen (secondary N) is 1. The summed E-state index contributed by atoms with van der Waals surface area (Å²) in [7, 11) is 3.89. The van der Waals surface area contributed by atoms with E-state index in [1.165, 1.54) is 0 Å². The summed E-state index contributed by atoms with van der Waals surface area (Å²) < 4.78 is 13.6. The molecule has 0 bridgehead atoms.